The topological polar surface area (TPSA) is 18.5 Å². The molecule has 0 aliphatic carbocycles. The van der Waals surface area contributed by atoms with Gasteiger partial charge in [-0.3, -0.25) is 0 Å². The summed E-state index contributed by atoms with van der Waals surface area (Å²) in [6.07, 6.45) is 0. The van der Waals surface area contributed by atoms with Crippen LogP contribution in [0.5, 0.6) is 11.5 Å². The Kier molecular flexibility index (Phi) is 4.55. The Morgan fingerprint density at radius 3 is 2.12 bits per heavy atom. The monoisotopic (exact) mass is 361 g/mol. The molecule has 0 aliphatic rings. The van der Waals surface area contributed by atoms with Crippen LogP contribution >= 0.6 is 31.9 Å². The Balaban J connectivity index is 2.86. The van der Waals surface area contributed by atoms with Crippen molar-refractivity contribution < 1.29 is 22.4 Å². The molecule has 0 saturated carbocycles. The van der Waals surface area contributed by atoms with Crippen molar-refractivity contribution in [2.45, 2.75) is 0 Å². The van der Waals surface area contributed by atoms with Gasteiger partial charge in [-0.15, -0.1) is 0 Å². The highest BCUT2D eigenvalue weighted by molar-refractivity contribution is 9.11. The predicted octanol–water partition coefficient (Wildman–Crippen LogP) is 3.99. The molecular weight excluding hydrogens is 356 g/mol. The number of methoxy groups -OCH3 is 1. The first kappa shape index (κ1) is 13.7. The molecule has 1 aromatic carbocycles. The molecule has 8 heteroatoms. The van der Waals surface area contributed by atoms with Crippen LogP contribution in [-0.2, 0) is 0 Å². The number of rotatable bonds is 4. The fourth-order valence-electron chi connectivity index (χ4n) is 0.962. The molecule has 0 aliphatic heterocycles. The minimum absolute atomic E-state index is 0.117. The highest BCUT2D eigenvalue weighted by atomic mass is 79.9. The predicted molar refractivity (Wildman–Crippen MR) is 63.0 cm³/mol. The Morgan fingerprint density at radius 2 is 1.62 bits per heavy atom. The minimum Gasteiger partial charge on any atom is -0.521 e. The van der Waals surface area contributed by atoms with E-state index in [2.05, 4.69) is 36.6 Å². The summed E-state index contributed by atoms with van der Waals surface area (Å²) < 4.78 is 46.6. The van der Waals surface area contributed by atoms with Gasteiger partial charge < -0.3 is 22.4 Å². The molecule has 0 radical (unpaired) electrons. The van der Waals surface area contributed by atoms with Gasteiger partial charge in [0.15, 0.2) is 0 Å². The second-order valence-electron chi connectivity index (χ2n) is 2.94. The van der Waals surface area contributed by atoms with Gasteiger partial charge >= 0.3 is 6.98 Å². The molecular formula is C8H7BBr2F3O2-. The zero-order valence-corrected chi connectivity index (χ0v) is 11.3. The quantitative estimate of drug-likeness (QED) is 0.754. The van der Waals surface area contributed by atoms with Gasteiger partial charge in [-0.2, -0.15) is 0 Å². The third kappa shape index (κ3) is 3.90. The normalized spacial score (nSPS) is 11.4. The zero-order valence-electron chi connectivity index (χ0n) is 8.15. The van der Waals surface area contributed by atoms with Crippen molar-refractivity contribution in [1.82, 2.24) is 0 Å². The smallest absolute Gasteiger partial charge is 0.515 e. The van der Waals surface area contributed by atoms with Gasteiger partial charge in [-0.05, 0) is 44.0 Å². The van der Waals surface area contributed by atoms with E-state index >= 15 is 0 Å². The molecule has 2 nitrogen and oxygen atoms in total. The Hall–Kier alpha value is -0.365. The summed E-state index contributed by atoms with van der Waals surface area (Å²) >= 11 is 6.26. The van der Waals surface area contributed by atoms with E-state index in [4.69, 9.17) is 4.74 Å². The number of hydrogen-bond donors (Lipinski definition) is 0. The number of benzene rings is 1. The zero-order chi connectivity index (χ0) is 12.3. The van der Waals surface area contributed by atoms with Crippen molar-refractivity contribution in [3.05, 3.63) is 21.1 Å². The van der Waals surface area contributed by atoms with E-state index in [1.54, 1.807) is 0 Å². The largest absolute Gasteiger partial charge is 0.521 e. The SMILES string of the molecule is COc1cc(Br)c(OC[B-](F)(F)F)cc1Br. The third-order valence-corrected chi connectivity index (χ3v) is 2.87. The fraction of sp³-hybridized carbons (Fsp3) is 0.250. The van der Waals surface area contributed by atoms with Gasteiger partial charge in [0.1, 0.15) is 11.5 Å². The van der Waals surface area contributed by atoms with Crippen molar-refractivity contribution >= 4 is 38.8 Å². The van der Waals surface area contributed by atoms with Crippen molar-refractivity contribution in [2.75, 3.05) is 13.6 Å². The summed E-state index contributed by atoms with van der Waals surface area (Å²) in [6, 6.07) is 2.95. The van der Waals surface area contributed by atoms with E-state index in [1.807, 2.05) is 0 Å². The van der Waals surface area contributed by atoms with Crippen LogP contribution < -0.4 is 9.47 Å². The lowest BCUT2D eigenvalue weighted by Gasteiger charge is -2.16. The second-order valence-corrected chi connectivity index (χ2v) is 4.65. The molecule has 0 amide bonds. The first-order valence-electron chi connectivity index (χ1n) is 4.20. The molecule has 0 aromatic heterocycles. The van der Waals surface area contributed by atoms with E-state index in [-0.39, 0.29) is 5.75 Å². The highest BCUT2D eigenvalue weighted by Crippen LogP contribution is 2.36. The number of ether oxygens (including phenoxy) is 2. The lowest BCUT2D eigenvalue weighted by atomic mass is 9.95. The van der Waals surface area contributed by atoms with Gasteiger partial charge in [0, 0.05) is 0 Å². The van der Waals surface area contributed by atoms with Crippen LogP contribution in [0.1, 0.15) is 0 Å². The highest BCUT2D eigenvalue weighted by Gasteiger charge is 2.24. The van der Waals surface area contributed by atoms with Crippen LogP contribution in [-0.4, -0.2) is 20.6 Å². The molecule has 1 aromatic rings. The van der Waals surface area contributed by atoms with E-state index < -0.39 is 13.5 Å². The Morgan fingerprint density at radius 1 is 1.12 bits per heavy atom. The van der Waals surface area contributed by atoms with Gasteiger partial charge in [-0.25, -0.2) is 0 Å². The van der Waals surface area contributed by atoms with Crippen LogP contribution in [0.4, 0.5) is 12.9 Å². The molecule has 0 saturated heterocycles. The third-order valence-electron chi connectivity index (χ3n) is 1.63. The van der Waals surface area contributed by atoms with E-state index in [9.17, 15) is 12.9 Å². The summed E-state index contributed by atoms with van der Waals surface area (Å²) in [4.78, 5) is 0. The summed E-state index contributed by atoms with van der Waals surface area (Å²) in [5, 5.41) is 0. The van der Waals surface area contributed by atoms with E-state index in [0.29, 0.717) is 14.7 Å². The van der Waals surface area contributed by atoms with Gasteiger partial charge in [0.2, 0.25) is 0 Å². The maximum Gasteiger partial charge on any atom is 0.515 e. The average molecular weight is 363 g/mol. The number of hydrogen-bond acceptors (Lipinski definition) is 2. The van der Waals surface area contributed by atoms with Gasteiger partial charge in [0.25, 0.3) is 0 Å². The first-order valence-corrected chi connectivity index (χ1v) is 5.79. The van der Waals surface area contributed by atoms with Crippen molar-refractivity contribution in [3.63, 3.8) is 0 Å². The molecule has 0 spiro atoms. The number of halogens is 5. The summed E-state index contributed by atoms with van der Waals surface area (Å²) in [5.74, 6) is 0.628. The molecule has 1 rings (SSSR count). The van der Waals surface area contributed by atoms with Gasteiger partial charge in [0.05, 0.1) is 22.6 Å². The van der Waals surface area contributed by atoms with Crippen LogP contribution in [0.3, 0.4) is 0 Å². The summed E-state index contributed by atoms with van der Waals surface area (Å²) in [7, 11) is 1.46. The molecule has 16 heavy (non-hydrogen) atoms. The maximum atomic E-state index is 12.0. The molecule has 0 bridgehead atoms. The molecule has 0 fully saturated rings. The van der Waals surface area contributed by atoms with Crippen molar-refractivity contribution in [2.24, 2.45) is 0 Å². The maximum absolute atomic E-state index is 12.0. The van der Waals surface area contributed by atoms with Crippen molar-refractivity contribution in [1.29, 1.82) is 0 Å². The van der Waals surface area contributed by atoms with Crippen molar-refractivity contribution in [3.8, 4) is 11.5 Å². The Bertz CT molecular complexity index is 384. The summed E-state index contributed by atoms with van der Waals surface area (Å²) in [6.45, 7) is -6.22. The van der Waals surface area contributed by atoms with E-state index in [0.717, 1.165) is 0 Å². The van der Waals surface area contributed by atoms with E-state index in [1.165, 1.54) is 19.2 Å². The molecule has 0 unspecified atom stereocenters. The van der Waals surface area contributed by atoms with Gasteiger partial charge in [-0.1, -0.05) is 0 Å². The standard InChI is InChI=1S/C8H7BBr2F3O2/c1-15-7-2-6(11)8(3-5(7)10)16-4-9(12,13)14/h2-3H,4H2,1H3/q-1. The van der Waals surface area contributed by atoms with Crippen LogP contribution in [0.25, 0.3) is 0 Å². The first-order chi connectivity index (χ1) is 7.33. The van der Waals surface area contributed by atoms with Crippen LogP contribution in [0, 0.1) is 0 Å². The van der Waals surface area contributed by atoms with Crippen LogP contribution in [0.2, 0.25) is 0 Å². The molecule has 90 valence electrons. The van der Waals surface area contributed by atoms with Crippen LogP contribution in [0.15, 0.2) is 21.1 Å². The fourth-order valence-corrected chi connectivity index (χ4v) is 1.88. The molecule has 0 atom stereocenters. The average Bonchev–Trinajstić information content (AvgIpc) is 2.17. The summed E-state index contributed by atoms with van der Waals surface area (Å²) in [5.41, 5.74) is 0. The lowest BCUT2D eigenvalue weighted by Crippen LogP contribution is -2.26. The second kappa shape index (κ2) is 5.31. The minimum atomic E-state index is -4.96. The Labute approximate surface area is 107 Å². The molecule has 0 N–H and O–H groups in total. The lowest BCUT2D eigenvalue weighted by molar-refractivity contribution is 0.311. The molecule has 0 heterocycles.